The van der Waals surface area contributed by atoms with E-state index in [9.17, 15) is 21.6 Å². The molecule has 0 spiro atoms. The molecule has 1 N–H and O–H groups in total. The van der Waals surface area contributed by atoms with Crippen molar-refractivity contribution in [3.05, 3.63) is 29.8 Å². The maximum Gasteiger partial charge on any atom is 0.516 e. The molecule has 0 radical (unpaired) electrons. The number of alkyl halides is 3. The van der Waals surface area contributed by atoms with Gasteiger partial charge in [0, 0.05) is 5.69 Å². The molecule has 0 fully saturated rings. The van der Waals surface area contributed by atoms with Crippen molar-refractivity contribution in [2.24, 2.45) is 0 Å². The van der Waals surface area contributed by atoms with E-state index in [0.717, 1.165) is 0 Å². The maximum absolute atomic E-state index is 12.0. The molecule has 0 unspecified atom stereocenters. The number of aryl methyl sites for hydroxylation is 1. The molecule has 0 saturated carbocycles. The standard InChI is InChI=1S/C8H8F3NO2S/c1-6-3-2-4-7(5-6)12-15(13,14)8(9,10)11/h2-5,12H,1H3. The first-order valence-electron chi connectivity index (χ1n) is 3.88. The molecule has 1 aromatic carbocycles. The van der Waals surface area contributed by atoms with Crippen molar-refractivity contribution in [2.75, 3.05) is 4.72 Å². The second-order valence-corrected chi connectivity index (χ2v) is 4.59. The van der Waals surface area contributed by atoms with E-state index in [4.69, 9.17) is 0 Å². The van der Waals surface area contributed by atoms with Crippen LogP contribution in [-0.4, -0.2) is 13.9 Å². The predicted octanol–water partition coefficient (Wildman–Crippen LogP) is 2.26. The lowest BCUT2D eigenvalue weighted by atomic mass is 10.2. The quantitative estimate of drug-likeness (QED) is 0.860. The van der Waals surface area contributed by atoms with Crippen LogP contribution in [0.4, 0.5) is 18.9 Å². The largest absolute Gasteiger partial charge is 0.516 e. The summed E-state index contributed by atoms with van der Waals surface area (Å²) >= 11 is 0. The van der Waals surface area contributed by atoms with E-state index in [1.54, 1.807) is 13.0 Å². The number of benzene rings is 1. The van der Waals surface area contributed by atoms with Gasteiger partial charge in [0.15, 0.2) is 0 Å². The first kappa shape index (κ1) is 11.8. The minimum absolute atomic E-state index is 0.104. The fourth-order valence-electron chi connectivity index (χ4n) is 0.922. The van der Waals surface area contributed by atoms with Crippen LogP contribution in [0.2, 0.25) is 0 Å². The van der Waals surface area contributed by atoms with Gasteiger partial charge in [0.2, 0.25) is 0 Å². The second kappa shape index (κ2) is 3.73. The highest BCUT2D eigenvalue weighted by Crippen LogP contribution is 2.25. The fourth-order valence-corrected chi connectivity index (χ4v) is 1.47. The Hall–Kier alpha value is -1.24. The topological polar surface area (TPSA) is 46.2 Å². The molecule has 0 aliphatic heterocycles. The first-order valence-corrected chi connectivity index (χ1v) is 5.36. The van der Waals surface area contributed by atoms with E-state index in [1.165, 1.54) is 22.9 Å². The molecule has 0 saturated heterocycles. The van der Waals surface area contributed by atoms with Crippen molar-refractivity contribution in [3.8, 4) is 0 Å². The fraction of sp³-hybridized carbons (Fsp3) is 0.250. The van der Waals surface area contributed by atoms with Crippen LogP contribution in [0.3, 0.4) is 0 Å². The van der Waals surface area contributed by atoms with E-state index >= 15 is 0 Å². The Kier molecular flexibility index (Phi) is 2.94. The smallest absolute Gasteiger partial charge is 0.276 e. The summed E-state index contributed by atoms with van der Waals surface area (Å²) in [4.78, 5) is 0. The third-order valence-electron chi connectivity index (χ3n) is 1.57. The molecule has 0 atom stereocenters. The van der Waals surface area contributed by atoms with Crippen molar-refractivity contribution < 1.29 is 21.6 Å². The van der Waals surface area contributed by atoms with E-state index in [1.807, 2.05) is 0 Å². The summed E-state index contributed by atoms with van der Waals surface area (Å²) in [5.41, 5.74) is -4.73. The molecule has 15 heavy (non-hydrogen) atoms. The summed E-state index contributed by atoms with van der Waals surface area (Å²) in [6.45, 7) is 1.64. The first-order chi connectivity index (χ1) is 6.72. The summed E-state index contributed by atoms with van der Waals surface area (Å²) in [7, 11) is -5.32. The van der Waals surface area contributed by atoms with Gasteiger partial charge in [-0.3, -0.25) is 4.72 Å². The number of rotatable bonds is 2. The number of nitrogens with one attached hydrogen (secondary N) is 1. The summed E-state index contributed by atoms with van der Waals surface area (Å²) in [5, 5.41) is 0. The number of hydrogen-bond donors (Lipinski definition) is 1. The van der Waals surface area contributed by atoms with Crippen molar-refractivity contribution >= 4 is 15.7 Å². The number of halogens is 3. The average molecular weight is 239 g/mol. The normalized spacial score (nSPS) is 12.5. The zero-order chi connectivity index (χ0) is 11.7. The van der Waals surface area contributed by atoms with Crippen LogP contribution in [0.15, 0.2) is 24.3 Å². The van der Waals surface area contributed by atoms with Crippen LogP contribution >= 0.6 is 0 Å². The number of hydrogen-bond acceptors (Lipinski definition) is 2. The highest BCUT2D eigenvalue weighted by molar-refractivity contribution is 7.93. The van der Waals surface area contributed by atoms with Crippen LogP contribution in [0, 0.1) is 6.92 Å². The molecule has 0 aliphatic carbocycles. The summed E-state index contributed by atoms with van der Waals surface area (Å²) in [5.74, 6) is 0. The molecule has 0 aliphatic rings. The van der Waals surface area contributed by atoms with E-state index in [-0.39, 0.29) is 5.69 Å². The van der Waals surface area contributed by atoms with Crippen molar-refractivity contribution in [1.29, 1.82) is 0 Å². The van der Waals surface area contributed by atoms with Gasteiger partial charge in [0.1, 0.15) is 0 Å². The van der Waals surface area contributed by atoms with Gasteiger partial charge in [-0.25, -0.2) is 0 Å². The Morgan fingerprint density at radius 1 is 1.27 bits per heavy atom. The van der Waals surface area contributed by atoms with E-state index < -0.39 is 15.5 Å². The van der Waals surface area contributed by atoms with Gasteiger partial charge >= 0.3 is 15.5 Å². The second-order valence-electron chi connectivity index (χ2n) is 2.92. The highest BCUT2D eigenvalue weighted by Gasteiger charge is 2.45. The van der Waals surface area contributed by atoms with Crippen LogP contribution in [0.25, 0.3) is 0 Å². The van der Waals surface area contributed by atoms with Crippen molar-refractivity contribution in [2.45, 2.75) is 12.4 Å². The molecule has 0 heterocycles. The highest BCUT2D eigenvalue weighted by atomic mass is 32.2. The molecule has 7 heteroatoms. The molecule has 0 aromatic heterocycles. The molecule has 1 aromatic rings. The Bertz CT molecular complexity index is 453. The SMILES string of the molecule is Cc1cccc(NS(=O)(=O)C(F)(F)F)c1. The van der Waals surface area contributed by atoms with Crippen molar-refractivity contribution in [3.63, 3.8) is 0 Å². The third-order valence-corrected chi connectivity index (χ3v) is 2.69. The van der Waals surface area contributed by atoms with Gasteiger partial charge in [0.25, 0.3) is 0 Å². The zero-order valence-electron chi connectivity index (χ0n) is 7.67. The average Bonchev–Trinajstić information content (AvgIpc) is 2.00. The molecular weight excluding hydrogens is 231 g/mol. The van der Waals surface area contributed by atoms with Gasteiger partial charge in [-0.05, 0) is 24.6 Å². The van der Waals surface area contributed by atoms with Gasteiger partial charge in [-0.1, -0.05) is 12.1 Å². The Balaban J connectivity index is 2.98. The van der Waals surface area contributed by atoms with Crippen LogP contribution in [0.5, 0.6) is 0 Å². The molecule has 1 rings (SSSR count). The third kappa shape index (κ3) is 2.85. The summed E-state index contributed by atoms with van der Waals surface area (Å²) < 4.78 is 58.7. The minimum atomic E-state index is -5.32. The van der Waals surface area contributed by atoms with E-state index in [2.05, 4.69) is 0 Å². The lowest BCUT2D eigenvalue weighted by molar-refractivity contribution is -0.0429. The molecule has 0 amide bonds. The van der Waals surface area contributed by atoms with Gasteiger partial charge in [0.05, 0.1) is 0 Å². The zero-order valence-corrected chi connectivity index (χ0v) is 8.48. The molecule has 84 valence electrons. The van der Waals surface area contributed by atoms with Gasteiger partial charge in [-0.15, -0.1) is 0 Å². The van der Waals surface area contributed by atoms with Crippen LogP contribution in [0.1, 0.15) is 5.56 Å². The minimum Gasteiger partial charge on any atom is -0.276 e. The van der Waals surface area contributed by atoms with Crippen LogP contribution < -0.4 is 4.72 Å². The Morgan fingerprint density at radius 2 is 1.87 bits per heavy atom. The number of sulfonamides is 1. The van der Waals surface area contributed by atoms with Crippen LogP contribution in [-0.2, 0) is 10.0 Å². The summed E-state index contributed by atoms with van der Waals surface area (Å²) in [6.07, 6.45) is 0. The molecule has 0 bridgehead atoms. The lowest BCUT2D eigenvalue weighted by Gasteiger charge is -2.10. The summed E-state index contributed by atoms with van der Waals surface area (Å²) in [6, 6.07) is 5.66. The molecule has 3 nitrogen and oxygen atoms in total. The Labute approximate surface area is 85.0 Å². The maximum atomic E-state index is 12.0. The molecular formula is C8H8F3NO2S. The lowest BCUT2D eigenvalue weighted by Crippen LogP contribution is -2.29. The predicted molar refractivity (Wildman–Crippen MR) is 49.8 cm³/mol. The van der Waals surface area contributed by atoms with E-state index in [0.29, 0.717) is 5.56 Å². The van der Waals surface area contributed by atoms with Gasteiger partial charge < -0.3 is 0 Å². The Morgan fingerprint density at radius 3 is 2.33 bits per heavy atom. The van der Waals surface area contributed by atoms with Crippen molar-refractivity contribution in [1.82, 2.24) is 0 Å². The monoisotopic (exact) mass is 239 g/mol. The number of anilines is 1. The van der Waals surface area contributed by atoms with Gasteiger partial charge in [-0.2, -0.15) is 21.6 Å².